The van der Waals surface area contributed by atoms with E-state index < -0.39 is 0 Å². The quantitative estimate of drug-likeness (QED) is 0.328. The molecule has 1 aliphatic rings. The summed E-state index contributed by atoms with van der Waals surface area (Å²) in [6, 6.07) is 13.5. The molecule has 0 saturated carbocycles. The Labute approximate surface area is 240 Å². The number of anilines is 1. The molecule has 0 radical (unpaired) electrons. The lowest BCUT2D eigenvalue weighted by molar-refractivity contribution is 0.0723. The topological polar surface area (TPSA) is 105 Å². The number of amides is 2. The van der Waals surface area contributed by atoms with Crippen LogP contribution in [-0.4, -0.2) is 76.0 Å². The molecule has 1 aliphatic heterocycles. The number of benzene rings is 1. The lowest BCUT2D eigenvalue weighted by Crippen LogP contribution is -2.37. The average molecular weight is 554 g/mol. The molecule has 0 unspecified atom stereocenters. The normalized spacial score (nSPS) is 13.7. The van der Waals surface area contributed by atoms with Crippen molar-refractivity contribution in [3.05, 3.63) is 89.3 Å². The van der Waals surface area contributed by atoms with Crippen molar-refractivity contribution in [2.75, 3.05) is 39.2 Å². The van der Waals surface area contributed by atoms with E-state index in [0.717, 1.165) is 46.4 Å². The van der Waals surface area contributed by atoms with Crippen LogP contribution in [0.15, 0.2) is 61.1 Å². The van der Waals surface area contributed by atoms with Crippen molar-refractivity contribution in [2.24, 2.45) is 0 Å². The molecule has 5 rings (SSSR count). The molecule has 4 aromatic rings. The summed E-state index contributed by atoms with van der Waals surface area (Å²) in [6.07, 6.45) is 6.69. The van der Waals surface area contributed by atoms with E-state index in [2.05, 4.69) is 22.1 Å². The van der Waals surface area contributed by atoms with Gasteiger partial charge in [-0.2, -0.15) is 0 Å². The number of carbonyl (C=O) groups excluding carboxylic acids is 2. The summed E-state index contributed by atoms with van der Waals surface area (Å²) in [7, 11) is 5.35. The minimum absolute atomic E-state index is 0.130. The van der Waals surface area contributed by atoms with Gasteiger partial charge in [0.25, 0.3) is 5.91 Å². The van der Waals surface area contributed by atoms with E-state index in [4.69, 9.17) is 14.7 Å². The molecule has 0 aliphatic carbocycles. The number of pyridine rings is 2. The first kappa shape index (κ1) is 27.9. The van der Waals surface area contributed by atoms with Gasteiger partial charge in [-0.1, -0.05) is 6.07 Å². The van der Waals surface area contributed by atoms with Gasteiger partial charge in [0.1, 0.15) is 11.6 Å². The van der Waals surface area contributed by atoms with Crippen LogP contribution >= 0.6 is 0 Å². The van der Waals surface area contributed by atoms with Gasteiger partial charge in [0, 0.05) is 56.7 Å². The molecule has 10 nitrogen and oxygen atoms in total. The van der Waals surface area contributed by atoms with Crippen molar-refractivity contribution in [1.29, 1.82) is 0 Å². The molecule has 1 aromatic carbocycles. The van der Waals surface area contributed by atoms with E-state index in [1.165, 1.54) is 7.11 Å². The van der Waals surface area contributed by atoms with Crippen molar-refractivity contribution >= 4 is 28.7 Å². The molecular weight excluding hydrogens is 518 g/mol. The summed E-state index contributed by atoms with van der Waals surface area (Å²) >= 11 is 0. The summed E-state index contributed by atoms with van der Waals surface area (Å²) in [5.74, 6) is 1.66. The van der Waals surface area contributed by atoms with Crippen LogP contribution in [-0.2, 0) is 17.8 Å². The van der Waals surface area contributed by atoms with Gasteiger partial charge in [-0.25, -0.2) is 19.7 Å². The van der Waals surface area contributed by atoms with Gasteiger partial charge in [-0.3, -0.25) is 9.78 Å². The number of piperidine rings is 1. The van der Waals surface area contributed by atoms with E-state index in [9.17, 15) is 9.59 Å². The first-order valence-corrected chi connectivity index (χ1v) is 13.7. The molecule has 4 heterocycles. The zero-order valence-electron chi connectivity index (χ0n) is 23.9. The van der Waals surface area contributed by atoms with E-state index in [1.54, 1.807) is 28.3 Å². The number of rotatable bonds is 7. The highest BCUT2D eigenvalue weighted by atomic mass is 16.5. The number of aromatic nitrogens is 4. The number of fused-ring (bicyclic) bond motifs is 1. The molecule has 0 bridgehead atoms. The predicted molar refractivity (Wildman–Crippen MR) is 157 cm³/mol. The van der Waals surface area contributed by atoms with Gasteiger partial charge in [0.05, 0.1) is 31.4 Å². The number of methoxy groups -OCH3 is 1. The Morgan fingerprint density at radius 2 is 1.76 bits per heavy atom. The van der Waals surface area contributed by atoms with Gasteiger partial charge >= 0.3 is 6.09 Å². The fraction of sp³-hybridized carbons (Fsp3) is 0.355. The highest BCUT2D eigenvalue weighted by Gasteiger charge is 2.25. The lowest BCUT2D eigenvalue weighted by atomic mass is 9.90. The molecule has 10 heteroatoms. The minimum atomic E-state index is -0.278. The summed E-state index contributed by atoms with van der Waals surface area (Å²) in [4.78, 5) is 49.3. The predicted octanol–water partition coefficient (Wildman–Crippen LogP) is 4.58. The van der Waals surface area contributed by atoms with Crippen LogP contribution in [0.25, 0.3) is 10.9 Å². The molecule has 41 heavy (non-hydrogen) atoms. The second-order valence-electron chi connectivity index (χ2n) is 10.6. The highest BCUT2D eigenvalue weighted by Crippen LogP contribution is 2.28. The molecule has 212 valence electrons. The fourth-order valence-electron chi connectivity index (χ4n) is 5.31. The smallest absolute Gasteiger partial charge is 0.409 e. The Morgan fingerprint density at radius 3 is 2.41 bits per heavy atom. The number of aryl methyl sites for hydroxylation is 1. The van der Waals surface area contributed by atoms with Crippen molar-refractivity contribution in [3.63, 3.8) is 0 Å². The number of hydrogen-bond acceptors (Lipinski definition) is 8. The lowest BCUT2D eigenvalue weighted by Gasteiger charge is -2.31. The van der Waals surface area contributed by atoms with Crippen LogP contribution < -0.4 is 4.90 Å². The first-order chi connectivity index (χ1) is 19.8. The molecule has 0 atom stereocenters. The van der Waals surface area contributed by atoms with Crippen LogP contribution in [0.3, 0.4) is 0 Å². The Hall–Kier alpha value is -4.60. The Morgan fingerprint density at radius 1 is 1.00 bits per heavy atom. The number of carbonyl (C=O) groups is 2. The van der Waals surface area contributed by atoms with Crippen LogP contribution in [0, 0.1) is 6.92 Å². The van der Waals surface area contributed by atoms with E-state index in [-0.39, 0.29) is 18.5 Å². The zero-order chi connectivity index (χ0) is 28.9. The largest absolute Gasteiger partial charge is 0.453 e. The molecule has 1 saturated heterocycles. The zero-order valence-corrected chi connectivity index (χ0v) is 23.9. The van der Waals surface area contributed by atoms with Crippen molar-refractivity contribution in [3.8, 4) is 0 Å². The molecule has 0 N–H and O–H groups in total. The van der Waals surface area contributed by atoms with E-state index in [0.29, 0.717) is 36.9 Å². The summed E-state index contributed by atoms with van der Waals surface area (Å²) in [5, 5.41) is 0.913. The summed E-state index contributed by atoms with van der Waals surface area (Å²) in [6.45, 7) is 3.91. The molecule has 3 aromatic heterocycles. The maximum atomic E-state index is 13.9. The second-order valence-corrected chi connectivity index (χ2v) is 10.6. The molecule has 2 amide bonds. The van der Waals surface area contributed by atoms with Gasteiger partial charge in [0.2, 0.25) is 0 Å². The number of nitrogens with zero attached hydrogens (tertiary/aromatic N) is 7. The monoisotopic (exact) mass is 553 g/mol. The minimum Gasteiger partial charge on any atom is -0.453 e. The van der Waals surface area contributed by atoms with Crippen molar-refractivity contribution in [2.45, 2.75) is 38.8 Å². The van der Waals surface area contributed by atoms with Gasteiger partial charge in [-0.15, -0.1) is 0 Å². The van der Waals surface area contributed by atoms with E-state index >= 15 is 0 Å². The maximum Gasteiger partial charge on any atom is 0.409 e. The Balaban J connectivity index is 1.35. The number of likely N-dealkylation sites (tertiary alicyclic amines) is 1. The van der Waals surface area contributed by atoms with Crippen LogP contribution in [0.4, 0.5) is 10.6 Å². The molecular formula is C31H35N7O3. The molecule has 0 spiro atoms. The maximum absolute atomic E-state index is 13.9. The van der Waals surface area contributed by atoms with Crippen molar-refractivity contribution in [1.82, 2.24) is 29.7 Å². The van der Waals surface area contributed by atoms with Crippen LogP contribution in [0.1, 0.15) is 51.8 Å². The standard InChI is InChI=1S/C31H35N7O3/c1-21-16-25-17-23(7-9-27(25)35-29(21)36(2)3)30(39)38(20-28-32-12-5-13-33-28)19-26-8-6-24(18-34-26)22-10-14-37(15-11-22)31(40)41-4/h5-9,12-13,16-18,22H,10-11,14-15,19-20H2,1-4H3. The third-order valence-electron chi connectivity index (χ3n) is 7.49. The van der Waals surface area contributed by atoms with Gasteiger partial charge < -0.3 is 19.4 Å². The summed E-state index contributed by atoms with van der Waals surface area (Å²) in [5.41, 5.74) is 4.36. The molecule has 1 fully saturated rings. The van der Waals surface area contributed by atoms with Gasteiger partial charge in [-0.05, 0) is 73.2 Å². The van der Waals surface area contributed by atoms with Crippen molar-refractivity contribution < 1.29 is 14.3 Å². The van der Waals surface area contributed by atoms with Crippen LogP contribution in [0.2, 0.25) is 0 Å². The Kier molecular flexibility index (Phi) is 8.37. The van der Waals surface area contributed by atoms with Crippen LogP contribution in [0.5, 0.6) is 0 Å². The number of hydrogen-bond donors (Lipinski definition) is 0. The second kappa shape index (κ2) is 12.3. The third kappa shape index (κ3) is 6.42. The summed E-state index contributed by atoms with van der Waals surface area (Å²) < 4.78 is 4.85. The van der Waals surface area contributed by atoms with Gasteiger partial charge in [0.15, 0.2) is 0 Å². The SMILES string of the molecule is COC(=O)N1CCC(c2ccc(CN(Cc3ncccn3)C(=O)c3ccc4nc(N(C)C)c(C)cc4c3)nc2)CC1. The third-order valence-corrected chi connectivity index (χ3v) is 7.49. The Bertz CT molecular complexity index is 1520. The fourth-order valence-corrected chi connectivity index (χ4v) is 5.31. The first-order valence-electron chi connectivity index (χ1n) is 13.7. The average Bonchev–Trinajstić information content (AvgIpc) is 3.00. The van der Waals surface area contributed by atoms with E-state index in [1.807, 2.05) is 56.4 Å². The highest BCUT2D eigenvalue weighted by molar-refractivity contribution is 5.98. The number of ether oxygens (including phenoxy) is 1.